The van der Waals surface area contributed by atoms with Gasteiger partial charge in [0.25, 0.3) is 0 Å². The van der Waals surface area contributed by atoms with Gasteiger partial charge in [-0.2, -0.15) is 0 Å². The largest absolute Gasteiger partial charge is 0.477 e. The summed E-state index contributed by atoms with van der Waals surface area (Å²) in [6, 6.07) is 1.19. The lowest BCUT2D eigenvalue weighted by molar-refractivity contribution is 0.0692. The van der Waals surface area contributed by atoms with Gasteiger partial charge in [0.1, 0.15) is 5.69 Å². The minimum Gasteiger partial charge on any atom is -0.477 e. The maximum absolute atomic E-state index is 12.1. The second kappa shape index (κ2) is 5.79. The van der Waals surface area contributed by atoms with Crippen LogP contribution in [0.1, 0.15) is 57.2 Å². The first kappa shape index (κ1) is 17.1. The summed E-state index contributed by atoms with van der Waals surface area (Å²) in [6.07, 6.45) is 0.797. The first-order valence-corrected chi connectivity index (χ1v) is 6.92. The summed E-state index contributed by atoms with van der Waals surface area (Å²) in [5, 5.41) is 14.5. The SMILES string of the molecule is Cc1cc(NC(=O)NC(C)(C)CC(C)(C)C)c(C(=O)O)[nH]1. The third-order valence-electron chi connectivity index (χ3n) is 2.84. The molecule has 0 fully saturated rings. The lowest BCUT2D eigenvalue weighted by atomic mass is 9.82. The summed E-state index contributed by atoms with van der Waals surface area (Å²) in [7, 11) is 0. The predicted octanol–water partition coefficient (Wildman–Crippen LogP) is 3.36. The molecular weight excluding hydrogens is 270 g/mol. The van der Waals surface area contributed by atoms with Crippen molar-refractivity contribution in [1.82, 2.24) is 10.3 Å². The third-order valence-corrected chi connectivity index (χ3v) is 2.84. The molecule has 0 unspecified atom stereocenters. The molecule has 21 heavy (non-hydrogen) atoms. The molecule has 118 valence electrons. The number of hydrogen-bond donors (Lipinski definition) is 4. The van der Waals surface area contributed by atoms with Gasteiger partial charge in [-0.1, -0.05) is 20.8 Å². The van der Waals surface area contributed by atoms with Gasteiger partial charge in [0, 0.05) is 11.2 Å². The highest BCUT2D eigenvalue weighted by molar-refractivity contribution is 5.99. The van der Waals surface area contributed by atoms with Gasteiger partial charge in [0.05, 0.1) is 5.69 Å². The van der Waals surface area contributed by atoms with Crippen LogP contribution in [-0.4, -0.2) is 27.6 Å². The summed E-state index contributed by atoms with van der Waals surface area (Å²) in [5.41, 5.74) is 0.613. The number of aromatic nitrogens is 1. The highest BCUT2D eigenvalue weighted by Gasteiger charge is 2.27. The molecular formula is C15H25N3O3. The zero-order chi connectivity index (χ0) is 16.4. The Morgan fingerprint density at radius 3 is 2.29 bits per heavy atom. The maximum atomic E-state index is 12.1. The molecule has 0 aliphatic heterocycles. The van der Waals surface area contributed by atoms with E-state index in [1.807, 2.05) is 13.8 Å². The van der Waals surface area contributed by atoms with E-state index >= 15 is 0 Å². The van der Waals surface area contributed by atoms with E-state index in [1.165, 1.54) is 0 Å². The second-order valence-corrected chi connectivity index (χ2v) is 7.25. The number of aromatic carboxylic acids is 1. The quantitative estimate of drug-likeness (QED) is 0.686. The molecule has 0 aliphatic rings. The van der Waals surface area contributed by atoms with Gasteiger partial charge in [-0.15, -0.1) is 0 Å². The minimum atomic E-state index is -1.10. The van der Waals surface area contributed by atoms with E-state index in [-0.39, 0.29) is 16.8 Å². The van der Waals surface area contributed by atoms with Crippen molar-refractivity contribution in [3.05, 3.63) is 17.5 Å². The first-order chi connectivity index (χ1) is 9.39. The maximum Gasteiger partial charge on any atom is 0.354 e. The lowest BCUT2D eigenvalue weighted by Crippen LogP contribution is -2.47. The fraction of sp³-hybridized carbons (Fsp3) is 0.600. The van der Waals surface area contributed by atoms with E-state index < -0.39 is 17.5 Å². The van der Waals surface area contributed by atoms with Crippen LogP contribution in [0.5, 0.6) is 0 Å². The van der Waals surface area contributed by atoms with Crippen molar-refractivity contribution < 1.29 is 14.7 Å². The third kappa shape index (κ3) is 5.49. The molecule has 0 saturated carbocycles. The van der Waals surface area contributed by atoms with E-state index in [9.17, 15) is 9.59 Å². The van der Waals surface area contributed by atoms with Crippen molar-refractivity contribution in [3.8, 4) is 0 Å². The molecule has 4 N–H and O–H groups in total. The molecule has 1 aromatic heterocycles. The van der Waals surface area contributed by atoms with Gasteiger partial charge in [-0.05, 0) is 38.7 Å². The zero-order valence-electron chi connectivity index (χ0n) is 13.5. The number of nitrogens with one attached hydrogen (secondary N) is 3. The number of H-pyrrole nitrogens is 1. The Bertz CT molecular complexity index is 539. The normalized spacial score (nSPS) is 12.1. The lowest BCUT2D eigenvalue weighted by Gasteiger charge is -2.33. The average molecular weight is 295 g/mol. The van der Waals surface area contributed by atoms with E-state index in [1.54, 1.807) is 13.0 Å². The van der Waals surface area contributed by atoms with Crippen LogP contribution in [-0.2, 0) is 0 Å². The van der Waals surface area contributed by atoms with E-state index in [0.29, 0.717) is 5.69 Å². The van der Waals surface area contributed by atoms with Crippen molar-refractivity contribution in [3.63, 3.8) is 0 Å². The summed E-state index contributed by atoms with van der Waals surface area (Å²) >= 11 is 0. The van der Waals surface area contributed by atoms with Gasteiger partial charge in [0.15, 0.2) is 0 Å². The molecule has 0 spiro atoms. The van der Waals surface area contributed by atoms with Crippen LogP contribution >= 0.6 is 0 Å². The monoisotopic (exact) mass is 295 g/mol. The molecule has 1 rings (SSSR count). The van der Waals surface area contributed by atoms with Crippen molar-refractivity contribution in [1.29, 1.82) is 0 Å². The van der Waals surface area contributed by atoms with E-state index in [0.717, 1.165) is 6.42 Å². The van der Waals surface area contributed by atoms with E-state index in [4.69, 9.17) is 5.11 Å². The molecule has 2 amide bonds. The molecule has 1 heterocycles. The fourth-order valence-electron chi connectivity index (χ4n) is 2.69. The number of carbonyl (C=O) groups excluding carboxylic acids is 1. The molecule has 0 bridgehead atoms. The molecule has 6 nitrogen and oxygen atoms in total. The predicted molar refractivity (Wildman–Crippen MR) is 82.8 cm³/mol. The Labute approximate surface area is 125 Å². The number of carboxylic acid groups (broad SMARTS) is 1. The van der Waals surface area contributed by atoms with Crippen LogP contribution in [0.2, 0.25) is 0 Å². The number of carbonyl (C=O) groups is 2. The van der Waals surface area contributed by atoms with Crippen LogP contribution in [0.15, 0.2) is 6.07 Å². The van der Waals surface area contributed by atoms with E-state index in [2.05, 4.69) is 36.4 Å². The Balaban J connectivity index is 2.76. The highest BCUT2D eigenvalue weighted by Crippen LogP contribution is 2.27. The number of amides is 2. The van der Waals surface area contributed by atoms with Gasteiger partial charge < -0.3 is 20.7 Å². The minimum absolute atomic E-state index is 0.0173. The van der Waals surface area contributed by atoms with Crippen LogP contribution in [0.3, 0.4) is 0 Å². The molecule has 0 aliphatic carbocycles. The first-order valence-electron chi connectivity index (χ1n) is 6.92. The average Bonchev–Trinajstić information content (AvgIpc) is 2.53. The van der Waals surface area contributed by atoms with Crippen molar-refractivity contribution in [2.75, 3.05) is 5.32 Å². The van der Waals surface area contributed by atoms with Crippen LogP contribution < -0.4 is 10.6 Å². The molecule has 0 radical (unpaired) electrons. The Morgan fingerprint density at radius 2 is 1.81 bits per heavy atom. The molecule has 0 saturated heterocycles. The summed E-state index contributed by atoms with van der Waals surface area (Å²) in [6.45, 7) is 11.9. The van der Waals surface area contributed by atoms with Crippen LogP contribution in [0.25, 0.3) is 0 Å². The van der Waals surface area contributed by atoms with Crippen molar-refractivity contribution >= 4 is 17.7 Å². The number of aromatic amines is 1. The van der Waals surface area contributed by atoms with Crippen LogP contribution in [0.4, 0.5) is 10.5 Å². The van der Waals surface area contributed by atoms with Crippen LogP contribution in [0, 0.1) is 12.3 Å². The van der Waals surface area contributed by atoms with Gasteiger partial charge >= 0.3 is 12.0 Å². The van der Waals surface area contributed by atoms with Gasteiger partial charge in [0.2, 0.25) is 0 Å². The number of rotatable bonds is 4. The van der Waals surface area contributed by atoms with Gasteiger partial charge in [-0.25, -0.2) is 9.59 Å². The number of carboxylic acids is 1. The summed E-state index contributed by atoms with van der Waals surface area (Å²) in [5.74, 6) is -1.10. The topological polar surface area (TPSA) is 94.2 Å². The van der Waals surface area contributed by atoms with Crippen molar-refractivity contribution in [2.24, 2.45) is 5.41 Å². The Kier molecular flexibility index (Phi) is 4.71. The number of hydrogen-bond acceptors (Lipinski definition) is 2. The zero-order valence-corrected chi connectivity index (χ0v) is 13.5. The van der Waals surface area contributed by atoms with Gasteiger partial charge in [-0.3, -0.25) is 0 Å². The molecule has 1 aromatic rings. The smallest absolute Gasteiger partial charge is 0.354 e. The summed E-state index contributed by atoms with van der Waals surface area (Å²) in [4.78, 5) is 25.9. The highest BCUT2D eigenvalue weighted by atomic mass is 16.4. The standard InChI is InChI=1S/C15H25N3O3/c1-9-7-10(11(16-9)12(19)20)17-13(21)18-15(5,6)8-14(2,3)4/h7,16H,8H2,1-6H3,(H,19,20)(H2,17,18,21). The molecule has 0 aromatic carbocycles. The second-order valence-electron chi connectivity index (χ2n) is 7.25. The number of anilines is 1. The molecule has 0 atom stereocenters. The number of aryl methyl sites for hydroxylation is 1. The summed E-state index contributed by atoms with van der Waals surface area (Å²) < 4.78 is 0. The fourth-order valence-corrected chi connectivity index (χ4v) is 2.69. The number of urea groups is 1. The Hall–Kier alpha value is -1.98. The van der Waals surface area contributed by atoms with Crippen molar-refractivity contribution in [2.45, 2.75) is 53.5 Å². The molecule has 6 heteroatoms. The Morgan fingerprint density at radius 1 is 1.24 bits per heavy atom.